The highest BCUT2D eigenvalue weighted by Gasteiger charge is 2.20. The molecule has 0 amide bonds. The van der Waals surface area contributed by atoms with Gasteiger partial charge < -0.3 is 0 Å². The second-order valence-corrected chi connectivity index (χ2v) is 6.30. The van der Waals surface area contributed by atoms with E-state index in [2.05, 4.69) is 18.0 Å². The summed E-state index contributed by atoms with van der Waals surface area (Å²) in [5.74, 6) is 0.262. The lowest BCUT2D eigenvalue weighted by atomic mass is 10.0. The number of hydrogen-bond acceptors (Lipinski definition) is 2. The smallest absolute Gasteiger partial charge is 0.177 e. The Morgan fingerprint density at radius 1 is 1.15 bits per heavy atom. The summed E-state index contributed by atoms with van der Waals surface area (Å²) in [6.45, 7) is 4.62. The number of rotatable bonds is 4. The number of hydrogen-bond donors (Lipinski definition) is 0. The van der Waals surface area contributed by atoms with Crippen molar-refractivity contribution in [2.75, 3.05) is 13.6 Å². The molecule has 0 aliphatic heterocycles. The van der Waals surface area contributed by atoms with Gasteiger partial charge in [0.2, 0.25) is 0 Å². The van der Waals surface area contributed by atoms with E-state index in [-0.39, 0.29) is 5.78 Å². The summed E-state index contributed by atoms with van der Waals surface area (Å²) < 4.78 is 0. The summed E-state index contributed by atoms with van der Waals surface area (Å²) in [6, 6.07) is 6.74. The standard InChI is InChI=1S/C18H27NO/c1-14-10-11-15(2)17(12-14)18(20)13-19(3)16-8-6-4-5-7-9-16/h10-12,16H,4-9,13H2,1-3H3. The first-order chi connectivity index (χ1) is 9.58. The SMILES string of the molecule is Cc1ccc(C)c(C(=O)CN(C)C2CCCCCC2)c1. The summed E-state index contributed by atoms with van der Waals surface area (Å²) in [4.78, 5) is 14.8. The fourth-order valence-electron chi connectivity index (χ4n) is 3.18. The van der Waals surface area contributed by atoms with Crippen molar-refractivity contribution in [3.8, 4) is 0 Å². The molecule has 0 saturated heterocycles. The van der Waals surface area contributed by atoms with Crippen LogP contribution in [0.2, 0.25) is 0 Å². The second kappa shape index (κ2) is 7.03. The predicted molar refractivity (Wildman–Crippen MR) is 84.4 cm³/mol. The quantitative estimate of drug-likeness (QED) is 0.607. The number of aryl methyl sites for hydroxylation is 2. The van der Waals surface area contributed by atoms with Gasteiger partial charge in [-0.3, -0.25) is 9.69 Å². The van der Waals surface area contributed by atoms with Crippen molar-refractivity contribution in [3.63, 3.8) is 0 Å². The van der Waals surface area contributed by atoms with Gasteiger partial charge in [0.1, 0.15) is 0 Å². The summed E-state index contributed by atoms with van der Waals surface area (Å²) in [5, 5.41) is 0. The minimum absolute atomic E-state index is 0.262. The van der Waals surface area contributed by atoms with E-state index in [9.17, 15) is 4.79 Å². The van der Waals surface area contributed by atoms with E-state index in [1.54, 1.807) is 0 Å². The van der Waals surface area contributed by atoms with Crippen LogP contribution in [0.3, 0.4) is 0 Å². The third-order valence-electron chi connectivity index (χ3n) is 4.53. The lowest BCUT2D eigenvalue weighted by Crippen LogP contribution is -2.35. The molecule has 0 spiro atoms. The van der Waals surface area contributed by atoms with Crippen molar-refractivity contribution in [1.82, 2.24) is 4.90 Å². The Morgan fingerprint density at radius 2 is 1.80 bits per heavy atom. The van der Waals surface area contributed by atoms with Crippen LogP contribution in [-0.4, -0.2) is 30.3 Å². The second-order valence-electron chi connectivity index (χ2n) is 6.30. The largest absolute Gasteiger partial charge is 0.296 e. The van der Waals surface area contributed by atoms with Crippen LogP contribution in [0.5, 0.6) is 0 Å². The number of likely N-dealkylation sites (N-methyl/N-ethyl adjacent to an activating group) is 1. The lowest BCUT2D eigenvalue weighted by Gasteiger charge is -2.26. The van der Waals surface area contributed by atoms with Crippen molar-refractivity contribution < 1.29 is 4.79 Å². The number of carbonyl (C=O) groups excluding carboxylic acids is 1. The Balaban J connectivity index is 2.01. The Kier molecular flexibility index (Phi) is 5.36. The molecule has 0 bridgehead atoms. The van der Waals surface area contributed by atoms with E-state index in [1.165, 1.54) is 38.5 Å². The summed E-state index contributed by atoms with van der Waals surface area (Å²) in [7, 11) is 2.11. The maximum absolute atomic E-state index is 12.5. The summed E-state index contributed by atoms with van der Waals surface area (Å²) in [5.41, 5.74) is 3.15. The topological polar surface area (TPSA) is 20.3 Å². The molecule has 0 radical (unpaired) electrons. The first-order valence-electron chi connectivity index (χ1n) is 7.88. The fourth-order valence-corrected chi connectivity index (χ4v) is 3.18. The Morgan fingerprint density at radius 3 is 2.45 bits per heavy atom. The van der Waals surface area contributed by atoms with Crippen molar-refractivity contribution in [2.24, 2.45) is 0 Å². The van der Waals surface area contributed by atoms with Crippen LogP contribution in [0.15, 0.2) is 18.2 Å². The third kappa shape index (κ3) is 3.92. The number of benzene rings is 1. The van der Waals surface area contributed by atoms with Gasteiger partial charge in [-0.15, -0.1) is 0 Å². The average molecular weight is 273 g/mol. The van der Waals surface area contributed by atoms with Crippen LogP contribution in [0, 0.1) is 13.8 Å². The molecule has 0 atom stereocenters. The molecule has 1 saturated carbocycles. The molecular formula is C18H27NO. The van der Waals surface area contributed by atoms with Gasteiger partial charge in [-0.25, -0.2) is 0 Å². The Labute approximate surface area is 123 Å². The van der Waals surface area contributed by atoms with E-state index in [1.807, 2.05) is 26.0 Å². The van der Waals surface area contributed by atoms with Gasteiger partial charge >= 0.3 is 0 Å². The molecule has 2 nitrogen and oxygen atoms in total. The van der Waals surface area contributed by atoms with E-state index in [0.29, 0.717) is 12.6 Å². The molecule has 0 N–H and O–H groups in total. The van der Waals surface area contributed by atoms with E-state index in [4.69, 9.17) is 0 Å². The molecular weight excluding hydrogens is 246 g/mol. The maximum Gasteiger partial charge on any atom is 0.177 e. The van der Waals surface area contributed by atoms with Gasteiger partial charge in [0.25, 0.3) is 0 Å². The number of carbonyl (C=O) groups is 1. The number of nitrogens with zero attached hydrogens (tertiary/aromatic N) is 1. The summed E-state index contributed by atoms with van der Waals surface area (Å²) in [6.07, 6.45) is 7.83. The highest BCUT2D eigenvalue weighted by atomic mass is 16.1. The van der Waals surface area contributed by atoms with E-state index in [0.717, 1.165) is 16.7 Å². The zero-order valence-corrected chi connectivity index (χ0v) is 13.1. The molecule has 1 aliphatic rings. The van der Waals surface area contributed by atoms with Crippen LogP contribution in [-0.2, 0) is 0 Å². The maximum atomic E-state index is 12.5. The highest BCUT2D eigenvalue weighted by Crippen LogP contribution is 2.21. The normalized spacial score (nSPS) is 17.2. The van der Waals surface area contributed by atoms with Crippen LogP contribution in [0.4, 0.5) is 0 Å². The molecule has 2 rings (SSSR count). The molecule has 1 fully saturated rings. The average Bonchev–Trinajstić information content (AvgIpc) is 2.70. The van der Waals surface area contributed by atoms with Gasteiger partial charge in [0.05, 0.1) is 6.54 Å². The molecule has 0 unspecified atom stereocenters. The van der Waals surface area contributed by atoms with Gasteiger partial charge in [-0.05, 0) is 45.4 Å². The molecule has 110 valence electrons. The predicted octanol–water partition coefficient (Wildman–Crippen LogP) is 4.14. The minimum Gasteiger partial charge on any atom is -0.296 e. The zero-order valence-electron chi connectivity index (χ0n) is 13.1. The molecule has 2 heteroatoms. The molecule has 0 aromatic heterocycles. The van der Waals surface area contributed by atoms with Crippen molar-refractivity contribution in [2.45, 2.75) is 58.4 Å². The van der Waals surface area contributed by atoms with Gasteiger partial charge in [0, 0.05) is 11.6 Å². The van der Waals surface area contributed by atoms with Crippen molar-refractivity contribution in [3.05, 3.63) is 34.9 Å². The minimum atomic E-state index is 0.262. The van der Waals surface area contributed by atoms with Gasteiger partial charge in [-0.2, -0.15) is 0 Å². The molecule has 0 heterocycles. The fraction of sp³-hybridized carbons (Fsp3) is 0.611. The van der Waals surface area contributed by atoms with Gasteiger partial charge in [0.15, 0.2) is 5.78 Å². The first-order valence-corrected chi connectivity index (χ1v) is 7.88. The molecule has 1 aliphatic carbocycles. The van der Waals surface area contributed by atoms with Crippen LogP contribution >= 0.6 is 0 Å². The van der Waals surface area contributed by atoms with Crippen LogP contribution in [0.25, 0.3) is 0 Å². The first kappa shape index (κ1) is 15.2. The molecule has 1 aromatic carbocycles. The zero-order chi connectivity index (χ0) is 14.5. The van der Waals surface area contributed by atoms with E-state index >= 15 is 0 Å². The summed E-state index contributed by atoms with van der Waals surface area (Å²) >= 11 is 0. The van der Waals surface area contributed by atoms with Crippen LogP contribution in [0.1, 0.15) is 60.0 Å². The van der Waals surface area contributed by atoms with Crippen LogP contribution < -0.4 is 0 Å². The Hall–Kier alpha value is -1.15. The monoisotopic (exact) mass is 273 g/mol. The van der Waals surface area contributed by atoms with Crippen molar-refractivity contribution in [1.29, 1.82) is 0 Å². The lowest BCUT2D eigenvalue weighted by molar-refractivity contribution is 0.0911. The molecule has 20 heavy (non-hydrogen) atoms. The van der Waals surface area contributed by atoms with Crippen molar-refractivity contribution >= 4 is 5.78 Å². The highest BCUT2D eigenvalue weighted by molar-refractivity contribution is 5.99. The van der Waals surface area contributed by atoms with Gasteiger partial charge in [-0.1, -0.05) is 43.4 Å². The van der Waals surface area contributed by atoms with E-state index < -0.39 is 0 Å². The number of Topliss-reactive ketones (excluding diaryl/α,β-unsaturated/α-hetero) is 1. The molecule has 1 aromatic rings. The third-order valence-corrected chi connectivity index (χ3v) is 4.53. The number of ketones is 1. The Bertz CT molecular complexity index is 458.